The van der Waals surface area contributed by atoms with Gasteiger partial charge in [-0.05, 0) is 36.4 Å². The largest absolute Gasteiger partial charge is 0.490 e. The molecule has 1 N–H and O–H groups in total. The van der Waals surface area contributed by atoms with E-state index in [0.29, 0.717) is 36.0 Å². The average Bonchev–Trinajstić information content (AvgIpc) is 3.10. The Morgan fingerprint density at radius 3 is 2.75 bits per heavy atom. The maximum absolute atomic E-state index is 13.1. The summed E-state index contributed by atoms with van der Waals surface area (Å²) in [4.78, 5) is 21.8. The number of fused-ring (bicyclic) bond motifs is 2. The minimum absolute atomic E-state index is 0.325. The first-order chi connectivity index (χ1) is 15.8. The first kappa shape index (κ1) is 19.7. The zero-order valence-corrected chi connectivity index (χ0v) is 17.2. The van der Waals surface area contributed by atoms with Gasteiger partial charge in [-0.15, -0.1) is 0 Å². The third-order valence-corrected chi connectivity index (χ3v) is 5.11. The standard InChI is InChI=1S/C25H20N4O3/c30-25(29-27-16-18-5-3-8-23-24(18)32-14-4-13-31-23)20-15-22(17-9-11-26-12-10-17)28-21-7-2-1-6-19(20)21/h1-3,5-12,15-16H,4,13-14H2,(H,29,30)/b27-16+. The van der Waals surface area contributed by atoms with Gasteiger partial charge in [0.1, 0.15) is 0 Å². The number of amides is 1. The van der Waals surface area contributed by atoms with Gasteiger partial charge in [0.2, 0.25) is 0 Å². The normalized spacial score (nSPS) is 13.1. The summed E-state index contributed by atoms with van der Waals surface area (Å²) >= 11 is 0. The Bertz CT molecular complexity index is 1310. The summed E-state index contributed by atoms with van der Waals surface area (Å²) < 4.78 is 11.5. The summed E-state index contributed by atoms with van der Waals surface area (Å²) in [6.45, 7) is 1.18. The lowest BCUT2D eigenvalue weighted by Crippen LogP contribution is -2.18. The number of benzene rings is 2. The molecular weight excluding hydrogens is 404 g/mol. The van der Waals surface area contributed by atoms with E-state index in [2.05, 4.69) is 15.5 Å². The van der Waals surface area contributed by atoms with E-state index in [1.807, 2.05) is 54.6 Å². The maximum Gasteiger partial charge on any atom is 0.272 e. The lowest BCUT2D eigenvalue weighted by atomic mass is 10.0. The van der Waals surface area contributed by atoms with Crippen LogP contribution in [0.4, 0.5) is 0 Å². The number of para-hydroxylation sites is 2. The van der Waals surface area contributed by atoms with Gasteiger partial charge in [0.15, 0.2) is 11.5 Å². The fourth-order valence-corrected chi connectivity index (χ4v) is 3.57. The second kappa shape index (κ2) is 8.85. The highest BCUT2D eigenvalue weighted by atomic mass is 16.5. The highest BCUT2D eigenvalue weighted by molar-refractivity contribution is 6.07. The average molecular weight is 424 g/mol. The molecule has 0 radical (unpaired) electrons. The number of ether oxygens (including phenoxy) is 2. The van der Waals surface area contributed by atoms with Crippen molar-refractivity contribution in [1.29, 1.82) is 0 Å². The molecule has 1 aliphatic heterocycles. The van der Waals surface area contributed by atoms with Gasteiger partial charge in [-0.3, -0.25) is 9.78 Å². The molecule has 2 aromatic carbocycles. The van der Waals surface area contributed by atoms with Crippen molar-refractivity contribution >= 4 is 23.0 Å². The molecule has 158 valence electrons. The molecule has 1 amide bonds. The second-order valence-electron chi connectivity index (χ2n) is 7.23. The molecule has 32 heavy (non-hydrogen) atoms. The molecule has 5 rings (SSSR count). The summed E-state index contributed by atoms with van der Waals surface area (Å²) in [5.41, 5.74) is 6.17. The number of nitrogens with one attached hydrogen (secondary N) is 1. The van der Waals surface area contributed by atoms with Crippen molar-refractivity contribution in [2.24, 2.45) is 5.10 Å². The highest BCUT2D eigenvalue weighted by Crippen LogP contribution is 2.32. The molecule has 0 fully saturated rings. The number of hydrazone groups is 1. The van der Waals surface area contributed by atoms with Crippen LogP contribution in [-0.2, 0) is 0 Å². The number of pyridine rings is 2. The Kier molecular flexibility index (Phi) is 5.45. The van der Waals surface area contributed by atoms with Crippen LogP contribution >= 0.6 is 0 Å². The van der Waals surface area contributed by atoms with Gasteiger partial charge in [-0.25, -0.2) is 10.4 Å². The zero-order chi connectivity index (χ0) is 21.8. The van der Waals surface area contributed by atoms with Crippen molar-refractivity contribution in [3.63, 3.8) is 0 Å². The predicted octanol–water partition coefficient (Wildman–Crippen LogP) is 4.22. The van der Waals surface area contributed by atoms with Crippen molar-refractivity contribution in [3.8, 4) is 22.8 Å². The summed E-state index contributed by atoms with van der Waals surface area (Å²) in [5, 5.41) is 4.93. The van der Waals surface area contributed by atoms with E-state index >= 15 is 0 Å². The van der Waals surface area contributed by atoms with Gasteiger partial charge in [-0.2, -0.15) is 5.10 Å². The summed E-state index contributed by atoms with van der Waals surface area (Å²) in [7, 11) is 0. The number of rotatable bonds is 4. The van der Waals surface area contributed by atoms with E-state index < -0.39 is 0 Å². The van der Waals surface area contributed by atoms with E-state index in [0.717, 1.165) is 28.5 Å². The van der Waals surface area contributed by atoms with Crippen LogP contribution in [0.1, 0.15) is 22.3 Å². The first-order valence-corrected chi connectivity index (χ1v) is 10.3. The van der Waals surface area contributed by atoms with Crippen LogP contribution in [0.3, 0.4) is 0 Å². The van der Waals surface area contributed by atoms with Crippen LogP contribution in [0.15, 0.2) is 78.2 Å². The number of carbonyl (C=O) groups excluding carboxylic acids is 1. The minimum atomic E-state index is -0.325. The van der Waals surface area contributed by atoms with Gasteiger partial charge in [-0.1, -0.05) is 24.3 Å². The van der Waals surface area contributed by atoms with Crippen LogP contribution in [0, 0.1) is 0 Å². The molecule has 0 unspecified atom stereocenters. The third-order valence-electron chi connectivity index (χ3n) is 5.11. The molecule has 0 bridgehead atoms. The van der Waals surface area contributed by atoms with E-state index in [1.165, 1.54) is 0 Å². The summed E-state index contributed by atoms with van der Waals surface area (Å²) in [6, 6.07) is 18.6. The van der Waals surface area contributed by atoms with E-state index in [-0.39, 0.29) is 5.91 Å². The Hall–Kier alpha value is -4.26. The lowest BCUT2D eigenvalue weighted by Gasteiger charge is -2.10. The van der Waals surface area contributed by atoms with Crippen molar-refractivity contribution in [1.82, 2.24) is 15.4 Å². The Balaban J connectivity index is 1.44. The molecule has 3 heterocycles. The van der Waals surface area contributed by atoms with Crippen LogP contribution in [0.5, 0.6) is 11.5 Å². The van der Waals surface area contributed by atoms with Crippen LogP contribution < -0.4 is 14.9 Å². The predicted molar refractivity (Wildman–Crippen MR) is 122 cm³/mol. The molecule has 7 heteroatoms. The Morgan fingerprint density at radius 1 is 1.00 bits per heavy atom. The Labute approximate surface area is 184 Å². The molecule has 0 saturated carbocycles. The van der Waals surface area contributed by atoms with Gasteiger partial charge in [0.25, 0.3) is 5.91 Å². The van der Waals surface area contributed by atoms with Gasteiger partial charge >= 0.3 is 0 Å². The number of hydrogen-bond acceptors (Lipinski definition) is 6. The molecule has 0 saturated heterocycles. The quantitative estimate of drug-likeness (QED) is 0.392. The third kappa shape index (κ3) is 4.00. The smallest absolute Gasteiger partial charge is 0.272 e. The van der Waals surface area contributed by atoms with Crippen LogP contribution in [-0.4, -0.2) is 35.3 Å². The number of aromatic nitrogens is 2. The first-order valence-electron chi connectivity index (χ1n) is 10.3. The van der Waals surface area contributed by atoms with E-state index in [4.69, 9.17) is 14.5 Å². The van der Waals surface area contributed by atoms with Gasteiger partial charge in [0.05, 0.1) is 36.2 Å². The summed E-state index contributed by atoms with van der Waals surface area (Å²) in [5.74, 6) is 0.992. The summed E-state index contributed by atoms with van der Waals surface area (Å²) in [6.07, 6.45) is 5.78. The zero-order valence-electron chi connectivity index (χ0n) is 17.2. The number of nitrogens with zero attached hydrogens (tertiary/aromatic N) is 3. The van der Waals surface area contributed by atoms with Crippen LogP contribution in [0.25, 0.3) is 22.2 Å². The van der Waals surface area contributed by atoms with Crippen LogP contribution in [0.2, 0.25) is 0 Å². The fourth-order valence-electron chi connectivity index (χ4n) is 3.57. The molecule has 2 aromatic heterocycles. The van der Waals surface area contributed by atoms with Gasteiger partial charge in [0, 0.05) is 35.3 Å². The van der Waals surface area contributed by atoms with Crippen molar-refractivity contribution in [2.45, 2.75) is 6.42 Å². The molecule has 0 spiro atoms. The minimum Gasteiger partial charge on any atom is -0.490 e. The van der Waals surface area contributed by atoms with Crippen molar-refractivity contribution in [2.75, 3.05) is 13.2 Å². The highest BCUT2D eigenvalue weighted by Gasteiger charge is 2.15. The number of hydrogen-bond donors (Lipinski definition) is 1. The van der Waals surface area contributed by atoms with E-state index in [1.54, 1.807) is 24.7 Å². The fraction of sp³-hybridized carbons (Fsp3) is 0.120. The SMILES string of the molecule is O=C(N/N=C/c1cccc2c1OCCCO2)c1cc(-c2ccncc2)nc2ccccc12. The molecule has 0 aliphatic carbocycles. The maximum atomic E-state index is 13.1. The lowest BCUT2D eigenvalue weighted by molar-refractivity contribution is 0.0956. The molecule has 4 aromatic rings. The van der Waals surface area contributed by atoms with Gasteiger partial charge < -0.3 is 9.47 Å². The molecular formula is C25H20N4O3. The number of carbonyl (C=O) groups is 1. The monoisotopic (exact) mass is 424 g/mol. The van der Waals surface area contributed by atoms with E-state index in [9.17, 15) is 4.79 Å². The second-order valence-corrected chi connectivity index (χ2v) is 7.23. The Morgan fingerprint density at radius 2 is 1.84 bits per heavy atom. The van der Waals surface area contributed by atoms with Crippen molar-refractivity contribution in [3.05, 3.63) is 84.2 Å². The topological polar surface area (TPSA) is 85.7 Å². The molecule has 7 nitrogen and oxygen atoms in total. The van der Waals surface area contributed by atoms with Crippen molar-refractivity contribution < 1.29 is 14.3 Å². The molecule has 0 atom stereocenters. The molecule has 1 aliphatic rings.